The van der Waals surface area contributed by atoms with Crippen LogP contribution in [0.1, 0.15) is 23.1 Å². The molecule has 0 radical (unpaired) electrons. The number of aryl methyl sites for hydroxylation is 1. The van der Waals surface area contributed by atoms with Crippen LogP contribution in [0.25, 0.3) is 0 Å². The summed E-state index contributed by atoms with van der Waals surface area (Å²) in [6.07, 6.45) is 3.15. The zero-order valence-corrected chi connectivity index (χ0v) is 19.9. The molecule has 0 aliphatic heterocycles. The lowest BCUT2D eigenvalue weighted by atomic mass is 10.0. The third kappa shape index (κ3) is 9.46. The van der Waals surface area contributed by atoms with Crippen molar-refractivity contribution < 1.29 is 24.2 Å². The van der Waals surface area contributed by atoms with Gasteiger partial charge in [-0.05, 0) is 29.5 Å². The van der Waals surface area contributed by atoms with Crippen molar-refractivity contribution in [3.63, 3.8) is 0 Å². The molecule has 0 bridgehead atoms. The maximum absolute atomic E-state index is 13.3. The molecule has 0 heterocycles. The lowest BCUT2D eigenvalue weighted by Gasteiger charge is -2.22. The second-order valence-corrected chi connectivity index (χ2v) is 8.29. The van der Waals surface area contributed by atoms with Crippen LogP contribution < -0.4 is 10.6 Å². The van der Waals surface area contributed by atoms with Crippen molar-refractivity contribution in [2.45, 2.75) is 38.0 Å². The molecule has 0 aliphatic rings. The second-order valence-electron chi connectivity index (χ2n) is 8.29. The molecule has 3 N–H and O–H groups in total. The van der Waals surface area contributed by atoms with E-state index < -0.39 is 30.1 Å². The van der Waals surface area contributed by atoms with Gasteiger partial charge < -0.3 is 20.5 Å². The lowest BCUT2D eigenvalue weighted by molar-refractivity contribution is -0.131. The van der Waals surface area contributed by atoms with E-state index in [4.69, 9.17) is 9.84 Å². The minimum absolute atomic E-state index is 0.0768. The first kappa shape index (κ1) is 26.2. The van der Waals surface area contributed by atoms with Crippen molar-refractivity contribution >= 4 is 18.0 Å². The van der Waals surface area contributed by atoms with Crippen LogP contribution in [-0.2, 0) is 33.8 Å². The third-order valence-electron chi connectivity index (χ3n) is 5.49. The summed E-state index contributed by atoms with van der Waals surface area (Å²) in [5.41, 5.74) is 2.77. The molecule has 0 fully saturated rings. The summed E-state index contributed by atoms with van der Waals surface area (Å²) in [4.78, 5) is 36.9. The highest BCUT2D eigenvalue weighted by Crippen LogP contribution is 2.09. The number of amides is 2. The van der Waals surface area contributed by atoms with Crippen molar-refractivity contribution in [2.24, 2.45) is 0 Å². The van der Waals surface area contributed by atoms with E-state index in [-0.39, 0.29) is 13.0 Å². The molecule has 2 atom stereocenters. The topological polar surface area (TPSA) is 105 Å². The number of hydrogen-bond donors (Lipinski definition) is 3. The molecule has 0 saturated heterocycles. The fraction of sp³-hybridized carbons (Fsp3) is 0.207. The molecule has 2 unspecified atom stereocenters. The largest absolute Gasteiger partial charge is 0.478 e. The van der Waals surface area contributed by atoms with Gasteiger partial charge in [-0.25, -0.2) is 9.59 Å². The van der Waals surface area contributed by atoms with E-state index in [1.54, 1.807) is 0 Å². The Labute approximate surface area is 210 Å². The molecule has 186 valence electrons. The fourth-order valence-corrected chi connectivity index (χ4v) is 3.63. The lowest BCUT2D eigenvalue weighted by Crippen LogP contribution is -2.50. The number of carbonyl (C=O) groups excluding carboxylic acids is 2. The van der Waals surface area contributed by atoms with Crippen LogP contribution in [0.2, 0.25) is 0 Å². The summed E-state index contributed by atoms with van der Waals surface area (Å²) in [5, 5.41) is 14.6. The van der Waals surface area contributed by atoms with E-state index in [0.717, 1.165) is 22.8 Å². The van der Waals surface area contributed by atoms with E-state index in [0.29, 0.717) is 12.8 Å². The van der Waals surface area contributed by atoms with Gasteiger partial charge in [0.2, 0.25) is 5.91 Å². The predicted octanol–water partition coefficient (Wildman–Crippen LogP) is 4.28. The van der Waals surface area contributed by atoms with Crippen LogP contribution in [-0.4, -0.2) is 35.2 Å². The Morgan fingerprint density at radius 3 is 1.92 bits per heavy atom. The number of aliphatic carboxylic acids is 1. The SMILES string of the molecule is O=C(O)/C=C/C(CCc1ccccc1)NC(=O)C(Cc1ccccc1)NC(=O)OCc1ccccc1. The number of rotatable bonds is 12. The van der Waals surface area contributed by atoms with E-state index in [1.807, 2.05) is 91.0 Å². The van der Waals surface area contributed by atoms with Gasteiger partial charge in [0, 0.05) is 18.5 Å². The van der Waals surface area contributed by atoms with Gasteiger partial charge in [-0.1, -0.05) is 97.1 Å². The standard InChI is InChI=1S/C29H30N2O5/c32-27(33)19-18-25(17-16-22-10-4-1-5-11-22)30-28(34)26(20-23-12-6-2-7-13-23)31-29(35)36-21-24-14-8-3-9-15-24/h1-15,18-19,25-26H,16-17,20-21H2,(H,30,34)(H,31,35)(H,32,33)/b19-18+. The van der Waals surface area contributed by atoms with E-state index in [1.165, 1.54) is 6.08 Å². The molecular formula is C29H30N2O5. The van der Waals surface area contributed by atoms with E-state index in [9.17, 15) is 14.4 Å². The van der Waals surface area contributed by atoms with Crippen LogP contribution in [0, 0.1) is 0 Å². The fourth-order valence-electron chi connectivity index (χ4n) is 3.63. The highest BCUT2D eigenvalue weighted by molar-refractivity contribution is 5.86. The van der Waals surface area contributed by atoms with E-state index >= 15 is 0 Å². The predicted molar refractivity (Wildman–Crippen MR) is 137 cm³/mol. The van der Waals surface area contributed by atoms with Gasteiger partial charge in [-0.2, -0.15) is 0 Å². The molecule has 0 spiro atoms. The summed E-state index contributed by atoms with van der Waals surface area (Å²) < 4.78 is 5.31. The molecule has 0 saturated carbocycles. The average Bonchev–Trinajstić information content (AvgIpc) is 2.90. The maximum Gasteiger partial charge on any atom is 0.408 e. The van der Waals surface area contributed by atoms with E-state index in [2.05, 4.69) is 10.6 Å². The Morgan fingerprint density at radius 1 is 0.778 bits per heavy atom. The second kappa shape index (κ2) is 14.1. The number of hydrogen-bond acceptors (Lipinski definition) is 4. The van der Waals surface area contributed by atoms with Crippen LogP contribution in [0.5, 0.6) is 0 Å². The van der Waals surface area contributed by atoms with Crippen LogP contribution in [0.3, 0.4) is 0 Å². The molecule has 3 rings (SSSR count). The normalized spacial score (nSPS) is 12.4. The Bertz CT molecular complexity index is 1130. The maximum atomic E-state index is 13.3. The number of alkyl carbamates (subject to hydrolysis) is 1. The van der Waals surface area contributed by atoms with Gasteiger partial charge in [0.1, 0.15) is 12.6 Å². The minimum Gasteiger partial charge on any atom is -0.478 e. The summed E-state index contributed by atoms with van der Waals surface area (Å²) >= 11 is 0. The first-order valence-electron chi connectivity index (χ1n) is 11.8. The Kier molecular flexibility index (Phi) is 10.3. The average molecular weight is 487 g/mol. The van der Waals surface area contributed by atoms with Gasteiger partial charge in [0.05, 0.1) is 0 Å². The molecule has 36 heavy (non-hydrogen) atoms. The summed E-state index contributed by atoms with van der Waals surface area (Å²) in [6, 6.07) is 26.9. The molecule has 0 aliphatic carbocycles. The van der Waals surface area contributed by atoms with Crippen LogP contribution in [0.15, 0.2) is 103 Å². The van der Waals surface area contributed by atoms with Crippen LogP contribution >= 0.6 is 0 Å². The third-order valence-corrected chi connectivity index (χ3v) is 5.49. The monoisotopic (exact) mass is 486 g/mol. The zero-order chi connectivity index (χ0) is 25.6. The van der Waals surface area contributed by atoms with Crippen molar-refractivity contribution in [1.82, 2.24) is 10.6 Å². The molecular weight excluding hydrogens is 456 g/mol. The number of benzene rings is 3. The zero-order valence-electron chi connectivity index (χ0n) is 19.9. The quantitative estimate of drug-likeness (QED) is 0.332. The smallest absolute Gasteiger partial charge is 0.408 e. The molecule has 7 heteroatoms. The first-order valence-corrected chi connectivity index (χ1v) is 11.8. The number of carboxylic acids is 1. The van der Waals surface area contributed by atoms with Gasteiger partial charge >= 0.3 is 12.1 Å². The highest BCUT2D eigenvalue weighted by Gasteiger charge is 2.24. The number of nitrogens with one attached hydrogen (secondary N) is 2. The number of carbonyl (C=O) groups is 3. The number of carboxylic acid groups (broad SMARTS) is 1. The molecule has 3 aromatic rings. The van der Waals surface area contributed by atoms with Gasteiger partial charge in [0.25, 0.3) is 0 Å². The van der Waals surface area contributed by atoms with Gasteiger partial charge in [-0.3, -0.25) is 4.79 Å². The van der Waals surface area contributed by atoms with Crippen molar-refractivity contribution in [1.29, 1.82) is 0 Å². The Morgan fingerprint density at radius 2 is 1.33 bits per heavy atom. The minimum atomic E-state index is -1.10. The molecule has 0 aromatic heterocycles. The summed E-state index contributed by atoms with van der Waals surface area (Å²) in [7, 11) is 0. The van der Waals surface area contributed by atoms with Crippen molar-refractivity contribution in [2.75, 3.05) is 0 Å². The highest BCUT2D eigenvalue weighted by atomic mass is 16.5. The van der Waals surface area contributed by atoms with Gasteiger partial charge in [0.15, 0.2) is 0 Å². The summed E-state index contributed by atoms with van der Waals surface area (Å²) in [5.74, 6) is -1.53. The summed E-state index contributed by atoms with van der Waals surface area (Å²) in [6.45, 7) is 0.0768. The number of ether oxygens (including phenoxy) is 1. The molecule has 7 nitrogen and oxygen atoms in total. The van der Waals surface area contributed by atoms with Gasteiger partial charge in [-0.15, -0.1) is 0 Å². The molecule has 2 amide bonds. The molecule has 3 aromatic carbocycles. The first-order chi connectivity index (χ1) is 17.5. The Hall–Kier alpha value is -4.39. The Balaban J connectivity index is 1.68. The van der Waals surface area contributed by atoms with Crippen molar-refractivity contribution in [3.8, 4) is 0 Å². The van der Waals surface area contributed by atoms with Crippen LogP contribution in [0.4, 0.5) is 4.79 Å². The van der Waals surface area contributed by atoms with Crippen molar-refractivity contribution in [3.05, 3.63) is 120 Å².